The molecular formula is C18H20ClN3O4. The third-order valence-electron chi connectivity index (χ3n) is 4.40. The van der Waals surface area contributed by atoms with Crippen molar-refractivity contribution >= 4 is 23.5 Å². The van der Waals surface area contributed by atoms with Gasteiger partial charge in [-0.1, -0.05) is 17.7 Å². The zero-order valence-electron chi connectivity index (χ0n) is 14.6. The molecule has 0 unspecified atom stereocenters. The maximum absolute atomic E-state index is 12.7. The van der Waals surface area contributed by atoms with Crippen molar-refractivity contribution in [3.8, 4) is 5.75 Å². The molecule has 2 heterocycles. The first kappa shape index (κ1) is 18.3. The second-order valence-corrected chi connectivity index (χ2v) is 6.56. The van der Waals surface area contributed by atoms with Crippen LogP contribution in [0.25, 0.3) is 0 Å². The van der Waals surface area contributed by atoms with Crippen LogP contribution in [-0.4, -0.2) is 44.3 Å². The van der Waals surface area contributed by atoms with Crippen LogP contribution in [0.1, 0.15) is 35.6 Å². The van der Waals surface area contributed by atoms with Gasteiger partial charge >= 0.3 is 5.97 Å². The van der Waals surface area contributed by atoms with E-state index >= 15 is 0 Å². The van der Waals surface area contributed by atoms with Crippen molar-refractivity contribution in [2.45, 2.75) is 39.5 Å². The summed E-state index contributed by atoms with van der Waals surface area (Å²) in [5, 5.41) is 14.1. The number of aryl methyl sites for hydroxylation is 1. The number of aromatic nitrogens is 2. The number of carbonyl (C=O) groups is 2. The summed E-state index contributed by atoms with van der Waals surface area (Å²) in [4.78, 5) is 25.8. The van der Waals surface area contributed by atoms with Gasteiger partial charge in [0.25, 0.3) is 5.91 Å². The topological polar surface area (TPSA) is 84.7 Å². The Bertz CT molecular complexity index is 849. The number of carbonyl (C=O) groups excluding carboxylic acids is 1. The first-order chi connectivity index (χ1) is 12.4. The normalized spacial score (nSPS) is 14.7. The third kappa shape index (κ3) is 3.53. The van der Waals surface area contributed by atoms with Crippen molar-refractivity contribution in [3.63, 3.8) is 0 Å². The van der Waals surface area contributed by atoms with Crippen LogP contribution < -0.4 is 4.74 Å². The number of amides is 1. The molecule has 0 saturated heterocycles. The van der Waals surface area contributed by atoms with Gasteiger partial charge in [-0.3, -0.25) is 9.48 Å². The van der Waals surface area contributed by atoms with E-state index in [1.807, 2.05) is 6.92 Å². The van der Waals surface area contributed by atoms with E-state index in [-0.39, 0.29) is 18.1 Å². The van der Waals surface area contributed by atoms with E-state index in [9.17, 15) is 14.7 Å². The highest BCUT2D eigenvalue weighted by Crippen LogP contribution is 2.24. The van der Waals surface area contributed by atoms with E-state index in [4.69, 9.17) is 16.3 Å². The number of hydrogen-bond donors (Lipinski definition) is 1. The molecule has 1 N–H and O–H groups in total. The molecule has 26 heavy (non-hydrogen) atoms. The molecule has 1 aliphatic rings. The van der Waals surface area contributed by atoms with Crippen LogP contribution >= 0.6 is 11.6 Å². The van der Waals surface area contributed by atoms with Crippen molar-refractivity contribution in [3.05, 3.63) is 46.2 Å². The summed E-state index contributed by atoms with van der Waals surface area (Å²) in [5.41, 5.74) is 1.51. The predicted octanol–water partition coefficient (Wildman–Crippen LogP) is 2.61. The fourth-order valence-corrected chi connectivity index (χ4v) is 3.34. The molecule has 138 valence electrons. The molecule has 0 bridgehead atoms. The molecule has 1 aromatic heterocycles. The number of fused-ring (bicyclic) bond motifs is 1. The van der Waals surface area contributed by atoms with E-state index < -0.39 is 12.1 Å². The SMILES string of the molecule is CCn1nc(C(=O)O)c2c1CCN(C(=O)[C@@H](C)Oc1cccc(Cl)c1)C2. The number of ether oxygens (including phenoxy) is 1. The number of carboxylic acids is 1. The Morgan fingerprint density at radius 1 is 1.42 bits per heavy atom. The lowest BCUT2D eigenvalue weighted by molar-refractivity contribution is -0.138. The summed E-state index contributed by atoms with van der Waals surface area (Å²) >= 11 is 5.94. The van der Waals surface area contributed by atoms with Crippen molar-refractivity contribution in [2.75, 3.05) is 6.54 Å². The van der Waals surface area contributed by atoms with Crippen molar-refractivity contribution < 1.29 is 19.4 Å². The molecule has 0 saturated carbocycles. The van der Waals surface area contributed by atoms with Crippen molar-refractivity contribution in [1.29, 1.82) is 0 Å². The van der Waals surface area contributed by atoms with Gasteiger partial charge in [-0.2, -0.15) is 5.10 Å². The largest absolute Gasteiger partial charge is 0.481 e. The fraction of sp³-hybridized carbons (Fsp3) is 0.389. The third-order valence-corrected chi connectivity index (χ3v) is 4.64. The van der Waals surface area contributed by atoms with Crippen LogP contribution in [0.4, 0.5) is 0 Å². The highest BCUT2D eigenvalue weighted by Gasteiger charge is 2.31. The highest BCUT2D eigenvalue weighted by molar-refractivity contribution is 6.30. The number of hydrogen-bond acceptors (Lipinski definition) is 4. The van der Waals surface area contributed by atoms with E-state index in [2.05, 4.69) is 5.10 Å². The molecule has 2 aromatic rings. The number of carboxylic acid groups (broad SMARTS) is 1. The minimum atomic E-state index is -1.08. The molecule has 3 rings (SSSR count). The lowest BCUT2D eigenvalue weighted by Crippen LogP contribution is -2.43. The summed E-state index contributed by atoms with van der Waals surface area (Å²) in [6, 6.07) is 6.86. The summed E-state index contributed by atoms with van der Waals surface area (Å²) in [6.07, 6.45) is -0.136. The van der Waals surface area contributed by atoms with Gasteiger partial charge in [0.1, 0.15) is 5.75 Å². The Kier molecular flexibility index (Phi) is 5.18. The highest BCUT2D eigenvalue weighted by atomic mass is 35.5. The Balaban J connectivity index is 1.76. The first-order valence-corrected chi connectivity index (χ1v) is 8.81. The Hall–Kier alpha value is -2.54. The van der Waals surface area contributed by atoms with Gasteiger partial charge in [-0.25, -0.2) is 4.79 Å². The second-order valence-electron chi connectivity index (χ2n) is 6.12. The Morgan fingerprint density at radius 2 is 2.19 bits per heavy atom. The van der Waals surface area contributed by atoms with Crippen LogP contribution in [0.5, 0.6) is 5.75 Å². The molecule has 0 aliphatic carbocycles. The van der Waals surface area contributed by atoms with Crippen LogP contribution in [0.3, 0.4) is 0 Å². The maximum Gasteiger partial charge on any atom is 0.356 e. The van der Waals surface area contributed by atoms with Gasteiger partial charge in [0, 0.05) is 35.8 Å². The number of aromatic carboxylic acids is 1. The minimum absolute atomic E-state index is 0.0164. The maximum atomic E-state index is 12.7. The zero-order valence-corrected chi connectivity index (χ0v) is 15.4. The van der Waals surface area contributed by atoms with E-state index in [0.29, 0.717) is 35.8 Å². The standard InChI is InChI=1S/C18H20ClN3O4/c1-3-22-15-7-8-21(10-14(15)16(20-22)18(24)25)17(23)11(2)26-13-6-4-5-12(19)9-13/h4-6,9,11H,3,7-8,10H2,1-2H3,(H,24,25)/t11-/m1/s1. The minimum Gasteiger partial charge on any atom is -0.481 e. The lowest BCUT2D eigenvalue weighted by Gasteiger charge is -2.30. The Morgan fingerprint density at radius 3 is 2.85 bits per heavy atom. The van der Waals surface area contributed by atoms with Crippen LogP contribution in [0, 0.1) is 0 Å². The number of benzene rings is 1. The van der Waals surface area contributed by atoms with Gasteiger partial charge in [0.05, 0.1) is 6.54 Å². The number of nitrogens with zero attached hydrogens (tertiary/aromatic N) is 3. The molecular weight excluding hydrogens is 358 g/mol. The molecule has 0 spiro atoms. The van der Waals surface area contributed by atoms with Crippen LogP contribution in [-0.2, 0) is 24.3 Å². The summed E-state index contributed by atoms with van der Waals surface area (Å²) in [5.74, 6) is -0.761. The zero-order chi connectivity index (χ0) is 18.8. The van der Waals surface area contributed by atoms with Gasteiger partial charge < -0.3 is 14.7 Å². The molecule has 1 amide bonds. The van der Waals surface area contributed by atoms with Crippen LogP contribution in [0.2, 0.25) is 5.02 Å². The summed E-state index contributed by atoms with van der Waals surface area (Å²) < 4.78 is 7.39. The smallest absolute Gasteiger partial charge is 0.356 e. The first-order valence-electron chi connectivity index (χ1n) is 8.43. The molecule has 1 atom stereocenters. The van der Waals surface area contributed by atoms with E-state index in [1.165, 1.54) is 0 Å². The quantitative estimate of drug-likeness (QED) is 0.865. The average molecular weight is 378 g/mol. The number of halogens is 1. The van der Waals surface area contributed by atoms with Gasteiger partial charge in [0.2, 0.25) is 0 Å². The molecule has 0 fully saturated rings. The van der Waals surface area contributed by atoms with Crippen LogP contribution in [0.15, 0.2) is 24.3 Å². The van der Waals surface area contributed by atoms with Gasteiger partial charge in [0.15, 0.2) is 11.8 Å². The predicted molar refractivity (Wildman–Crippen MR) is 95.5 cm³/mol. The van der Waals surface area contributed by atoms with E-state index in [0.717, 1.165) is 5.69 Å². The summed E-state index contributed by atoms with van der Waals surface area (Å²) in [7, 11) is 0. The second kappa shape index (κ2) is 7.37. The molecule has 0 radical (unpaired) electrons. The van der Waals surface area contributed by atoms with Crippen molar-refractivity contribution in [2.24, 2.45) is 0 Å². The monoisotopic (exact) mass is 377 g/mol. The lowest BCUT2D eigenvalue weighted by atomic mass is 10.0. The Labute approximate surface area is 156 Å². The number of rotatable bonds is 5. The molecule has 1 aromatic carbocycles. The fourth-order valence-electron chi connectivity index (χ4n) is 3.16. The van der Waals surface area contributed by atoms with Gasteiger partial charge in [-0.05, 0) is 32.0 Å². The molecule has 1 aliphatic heterocycles. The summed E-state index contributed by atoms with van der Waals surface area (Å²) in [6.45, 7) is 4.90. The van der Waals surface area contributed by atoms with Crippen molar-refractivity contribution in [1.82, 2.24) is 14.7 Å². The molecule has 7 nitrogen and oxygen atoms in total. The van der Waals surface area contributed by atoms with Gasteiger partial charge in [-0.15, -0.1) is 0 Å². The van der Waals surface area contributed by atoms with E-state index in [1.54, 1.807) is 40.8 Å². The molecule has 8 heteroatoms. The average Bonchev–Trinajstić information content (AvgIpc) is 2.99.